The molecule has 0 N–H and O–H groups in total. The van der Waals surface area contributed by atoms with E-state index in [1.54, 1.807) is 6.92 Å². The number of nitrogens with zero attached hydrogens (tertiary/aromatic N) is 1. The van der Waals surface area contributed by atoms with Gasteiger partial charge in [-0.1, -0.05) is 18.5 Å². The maximum absolute atomic E-state index is 11.5. The third kappa shape index (κ3) is 5.04. The molecule has 0 saturated heterocycles. The van der Waals surface area contributed by atoms with Gasteiger partial charge in [-0.25, -0.2) is 8.42 Å². The highest BCUT2D eigenvalue weighted by molar-refractivity contribution is 7.91. The Morgan fingerprint density at radius 3 is 2.63 bits per heavy atom. The van der Waals surface area contributed by atoms with Gasteiger partial charge in [-0.05, 0) is 12.5 Å². The lowest BCUT2D eigenvalue weighted by molar-refractivity contribution is -0.385. The second-order valence-electron chi connectivity index (χ2n) is 3.87. The van der Waals surface area contributed by atoms with Crippen molar-refractivity contribution in [3.63, 3.8) is 0 Å². The van der Waals surface area contributed by atoms with Crippen LogP contribution in [-0.2, 0) is 9.84 Å². The maximum atomic E-state index is 11.5. The van der Waals surface area contributed by atoms with Crippen LogP contribution in [0, 0.1) is 10.1 Å². The minimum Gasteiger partial charge on any atom is -0.486 e. The molecule has 0 aliphatic carbocycles. The van der Waals surface area contributed by atoms with Crippen molar-refractivity contribution in [2.24, 2.45) is 0 Å². The molecule has 0 aliphatic heterocycles. The summed E-state index contributed by atoms with van der Waals surface area (Å²) in [4.78, 5) is 10.2. The summed E-state index contributed by atoms with van der Waals surface area (Å²) in [7, 11) is -3.17. The predicted octanol–water partition coefficient (Wildman–Crippen LogP) is 2.45. The van der Waals surface area contributed by atoms with Crippen LogP contribution in [-0.4, -0.2) is 31.5 Å². The Morgan fingerprint density at radius 2 is 2.05 bits per heavy atom. The van der Waals surface area contributed by atoms with Crippen molar-refractivity contribution in [3.8, 4) is 5.75 Å². The van der Waals surface area contributed by atoms with E-state index in [-0.39, 0.29) is 34.6 Å². The van der Waals surface area contributed by atoms with Crippen LogP contribution in [0.25, 0.3) is 0 Å². The predicted molar refractivity (Wildman–Crippen MR) is 72.5 cm³/mol. The fourth-order valence-electron chi connectivity index (χ4n) is 1.45. The number of ether oxygens (including phenoxy) is 1. The quantitative estimate of drug-likeness (QED) is 0.570. The summed E-state index contributed by atoms with van der Waals surface area (Å²) in [6, 6.07) is 3.89. The number of rotatable bonds is 7. The van der Waals surface area contributed by atoms with E-state index in [0.29, 0.717) is 6.42 Å². The lowest BCUT2D eigenvalue weighted by Crippen LogP contribution is -2.17. The number of hydrogen-bond donors (Lipinski definition) is 0. The number of nitro benzene ring substituents is 1. The highest BCUT2D eigenvalue weighted by atomic mass is 35.5. The molecule has 0 spiro atoms. The van der Waals surface area contributed by atoms with Crippen molar-refractivity contribution in [3.05, 3.63) is 33.3 Å². The summed E-state index contributed by atoms with van der Waals surface area (Å²) < 4.78 is 28.1. The Morgan fingerprint density at radius 1 is 1.37 bits per heavy atom. The molecule has 19 heavy (non-hydrogen) atoms. The van der Waals surface area contributed by atoms with Crippen LogP contribution < -0.4 is 4.74 Å². The number of nitro groups is 1. The molecular formula is C11H14ClNO5S. The molecule has 0 fully saturated rings. The summed E-state index contributed by atoms with van der Waals surface area (Å²) in [5, 5.41) is 11.0. The van der Waals surface area contributed by atoms with Crippen molar-refractivity contribution in [1.82, 2.24) is 0 Å². The second kappa shape index (κ2) is 6.72. The van der Waals surface area contributed by atoms with Gasteiger partial charge in [-0.15, -0.1) is 0 Å². The molecule has 0 aromatic heterocycles. The van der Waals surface area contributed by atoms with Gasteiger partial charge in [0.25, 0.3) is 0 Å². The fourth-order valence-corrected chi connectivity index (χ4v) is 2.77. The summed E-state index contributed by atoms with van der Waals surface area (Å²) >= 11 is 5.72. The molecule has 0 radical (unpaired) electrons. The van der Waals surface area contributed by atoms with Gasteiger partial charge >= 0.3 is 5.69 Å². The van der Waals surface area contributed by atoms with Gasteiger partial charge in [0.15, 0.2) is 15.6 Å². The zero-order chi connectivity index (χ0) is 14.5. The Hall–Kier alpha value is -1.34. The van der Waals surface area contributed by atoms with Crippen LogP contribution >= 0.6 is 11.6 Å². The normalized spacial score (nSPS) is 11.3. The summed E-state index contributed by atoms with van der Waals surface area (Å²) in [6.07, 6.45) is 0.527. The van der Waals surface area contributed by atoms with Crippen LogP contribution in [0.5, 0.6) is 5.75 Å². The van der Waals surface area contributed by atoms with Gasteiger partial charge in [0, 0.05) is 17.2 Å². The van der Waals surface area contributed by atoms with E-state index < -0.39 is 14.8 Å². The van der Waals surface area contributed by atoms with Gasteiger partial charge < -0.3 is 4.74 Å². The van der Waals surface area contributed by atoms with Gasteiger partial charge in [-0.2, -0.15) is 0 Å². The lowest BCUT2D eigenvalue weighted by atomic mass is 10.3. The minimum absolute atomic E-state index is 0.0239. The molecule has 0 bridgehead atoms. The third-order valence-electron chi connectivity index (χ3n) is 2.29. The van der Waals surface area contributed by atoms with Gasteiger partial charge in [-0.3, -0.25) is 10.1 Å². The van der Waals surface area contributed by atoms with Crippen molar-refractivity contribution in [2.75, 3.05) is 18.1 Å². The van der Waals surface area contributed by atoms with Crippen molar-refractivity contribution >= 4 is 27.1 Å². The van der Waals surface area contributed by atoms with Crippen molar-refractivity contribution in [1.29, 1.82) is 0 Å². The second-order valence-corrected chi connectivity index (χ2v) is 6.61. The summed E-state index contributed by atoms with van der Waals surface area (Å²) in [6.45, 7) is 1.63. The summed E-state index contributed by atoms with van der Waals surface area (Å²) in [5.41, 5.74) is -0.239. The van der Waals surface area contributed by atoms with Gasteiger partial charge in [0.05, 0.1) is 16.4 Å². The molecule has 0 amide bonds. The molecule has 0 aliphatic rings. The standard InChI is InChI=1S/C11H14ClNO5S/c1-2-6-19(16,17)7-5-18-11-8-9(12)3-4-10(11)13(14)15/h3-4,8H,2,5-7H2,1H3. The SMILES string of the molecule is CCCS(=O)(=O)CCOc1cc(Cl)ccc1[N+](=O)[O-]. The molecule has 0 unspecified atom stereocenters. The zero-order valence-corrected chi connectivity index (χ0v) is 11.9. The zero-order valence-electron chi connectivity index (χ0n) is 10.3. The molecule has 8 heteroatoms. The topological polar surface area (TPSA) is 86.5 Å². The first-order valence-electron chi connectivity index (χ1n) is 5.63. The lowest BCUT2D eigenvalue weighted by Gasteiger charge is -2.07. The number of hydrogen-bond acceptors (Lipinski definition) is 5. The van der Waals surface area contributed by atoms with Crippen LogP contribution in [0.3, 0.4) is 0 Å². The molecule has 1 aromatic carbocycles. The first kappa shape index (κ1) is 15.7. The highest BCUT2D eigenvalue weighted by Crippen LogP contribution is 2.29. The molecule has 0 saturated carbocycles. The Labute approximate surface area is 116 Å². The third-order valence-corrected chi connectivity index (χ3v) is 4.34. The first-order chi connectivity index (χ1) is 8.85. The van der Waals surface area contributed by atoms with Gasteiger partial charge in [0.2, 0.25) is 0 Å². The van der Waals surface area contributed by atoms with E-state index in [4.69, 9.17) is 16.3 Å². The van der Waals surface area contributed by atoms with Crippen LogP contribution in [0.4, 0.5) is 5.69 Å². The Balaban J connectivity index is 2.73. The largest absolute Gasteiger partial charge is 0.486 e. The molecule has 6 nitrogen and oxygen atoms in total. The van der Waals surface area contributed by atoms with E-state index >= 15 is 0 Å². The number of halogens is 1. The van der Waals surface area contributed by atoms with Crippen LogP contribution in [0.2, 0.25) is 5.02 Å². The molecule has 1 aromatic rings. The molecule has 1 rings (SSSR count). The molecular weight excluding hydrogens is 294 g/mol. The summed E-state index contributed by atoms with van der Waals surface area (Å²) in [5.74, 6) is -0.123. The molecule has 0 heterocycles. The molecule has 0 atom stereocenters. The Bertz CT molecular complexity index is 558. The van der Waals surface area contributed by atoms with Crippen molar-refractivity contribution < 1.29 is 18.1 Å². The molecule has 106 valence electrons. The van der Waals surface area contributed by atoms with E-state index in [0.717, 1.165) is 0 Å². The minimum atomic E-state index is -3.17. The number of sulfone groups is 1. The van der Waals surface area contributed by atoms with E-state index in [1.807, 2.05) is 0 Å². The smallest absolute Gasteiger partial charge is 0.311 e. The van der Waals surface area contributed by atoms with E-state index in [2.05, 4.69) is 0 Å². The van der Waals surface area contributed by atoms with Crippen LogP contribution in [0.1, 0.15) is 13.3 Å². The monoisotopic (exact) mass is 307 g/mol. The number of benzene rings is 1. The average Bonchev–Trinajstić information content (AvgIpc) is 2.28. The Kier molecular flexibility index (Phi) is 5.56. The van der Waals surface area contributed by atoms with E-state index in [1.165, 1.54) is 18.2 Å². The fraction of sp³-hybridized carbons (Fsp3) is 0.455. The van der Waals surface area contributed by atoms with Crippen molar-refractivity contribution in [2.45, 2.75) is 13.3 Å². The van der Waals surface area contributed by atoms with Crippen LogP contribution in [0.15, 0.2) is 18.2 Å². The van der Waals surface area contributed by atoms with Gasteiger partial charge in [0.1, 0.15) is 6.61 Å². The highest BCUT2D eigenvalue weighted by Gasteiger charge is 2.16. The maximum Gasteiger partial charge on any atom is 0.311 e. The average molecular weight is 308 g/mol. The first-order valence-corrected chi connectivity index (χ1v) is 7.83. The van der Waals surface area contributed by atoms with E-state index in [9.17, 15) is 18.5 Å².